The lowest BCUT2D eigenvalue weighted by Gasteiger charge is -2.03. The summed E-state index contributed by atoms with van der Waals surface area (Å²) in [6.45, 7) is 1.23. The molecule has 0 aromatic heterocycles. The molecule has 1 saturated carbocycles. The van der Waals surface area contributed by atoms with E-state index in [1.165, 1.54) is 61.5 Å². The Morgan fingerprint density at radius 3 is 2.41 bits per heavy atom. The minimum absolute atomic E-state index is 0.873. The third kappa shape index (κ3) is 5.69. The van der Waals surface area contributed by atoms with Crippen molar-refractivity contribution in [3.8, 4) is 0 Å². The average Bonchev–Trinajstić information content (AvgIpc) is 3.14. The molecule has 0 bridgehead atoms. The largest absolute Gasteiger partial charge is 0.314 e. The Morgan fingerprint density at radius 1 is 1.00 bits per heavy atom. The monoisotopic (exact) mass is 295 g/mol. The first-order chi connectivity index (χ1) is 8.34. The van der Waals surface area contributed by atoms with Crippen LogP contribution in [0.15, 0.2) is 28.7 Å². The quantitative estimate of drug-likeness (QED) is 0.705. The van der Waals surface area contributed by atoms with E-state index in [2.05, 4.69) is 45.5 Å². The molecule has 0 saturated heterocycles. The normalized spacial score (nSPS) is 15.1. The standard InChI is InChI=1S/C15H22BrN/c16-14-8-6-13(7-9-14)5-3-1-2-4-12-17-15-10-11-15/h6-9,15,17H,1-5,10-12H2. The molecule has 1 aromatic rings. The molecular formula is C15H22BrN. The van der Waals surface area contributed by atoms with Crippen LogP contribution in [0.3, 0.4) is 0 Å². The Kier molecular flexibility index (Phi) is 5.53. The molecule has 0 atom stereocenters. The van der Waals surface area contributed by atoms with Crippen molar-refractivity contribution >= 4 is 15.9 Å². The number of nitrogens with one attached hydrogen (secondary N) is 1. The number of aryl methyl sites for hydroxylation is 1. The van der Waals surface area contributed by atoms with Gasteiger partial charge in [-0.2, -0.15) is 0 Å². The summed E-state index contributed by atoms with van der Waals surface area (Å²) in [5, 5.41) is 3.57. The van der Waals surface area contributed by atoms with Crippen molar-refractivity contribution in [2.75, 3.05) is 6.54 Å². The Bertz CT molecular complexity index is 316. The van der Waals surface area contributed by atoms with E-state index in [4.69, 9.17) is 0 Å². The van der Waals surface area contributed by atoms with Crippen molar-refractivity contribution in [1.82, 2.24) is 5.32 Å². The summed E-state index contributed by atoms with van der Waals surface area (Å²) in [5.74, 6) is 0. The van der Waals surface area contributed by atoms with Gasteiger partial charge < -0.3 is 5.32 Å². The lowest BCUT2D eigenvalue weighted by Crippen LogP contribution is -2.17. The van der Waals surface area contributed by atoms with Gasteiger partial charge in [0.05, 0.1) is 0 Å². The lowest BCUT2D eigenvalue weighted by atomic mass is 10.1. The Labute approximate surface area is 113 Å². The molecule has 0 aliphatic heterocycles. The van der Waals surface area contributed by atoms with Crippen LogP contribution < -0.4 is 5.32 Å². The summed E-state index contributed by atoms with van der Waals surface area (Å²) < 4.78 is 1.17. The number of unbranched alkanes of at least 4 members (excludes halogenated alkanes) is 3. The second kappa shape index (κ2) is 7.17. The van der Waals surface area contributed by atoms with E-state index in [1.54, 1.807) is 0 Å². The fourth-order valence-electron chi connectivity index (χ4n) is 2.05. The van der Waals surface area contributed by atoms with Crippen molar-refractivity contribution in [3.05, 3.63) is 34.3 Å². The van der Waals surface area contributed by atoms with Gasteiger partial charge in [-0.15, -0.1) is 0 Å². The van der Waals surface area contributed by atoms with Crippen molar-refractivity contribution in [2.45, 2.75) is 51.0 Å². The highest BCUT2D eigenvalue weighted by Gasteiger charge is 2.19. The third-order valence-corrected chi connectivity index (χ3v) is 3.84. The molecule has 1 N–H and O–H groups in total. The van der Waals surface area contributed by atoms with E-state index in [0.29, 0.717) is 0 Å². The van der Waals surface area contributed by atoms with Crippen LogP contribution in [0.25, 0.3) is 0 Å². The first-order valence-corrected chi connectivity index (χ1v) is 7.62. The molecule has 2 rings (SSSR count). The minimum atomic E-state index is 0.873. The Balaban J connectivity index is 1.46. The first-order valence-electron chi connectivity index (χ1n) is 6.82. The maximum Gasteiger partial charge on any atom is 0.0175 e. The summed E-state index contributed by atoms with van der Waals surface area (Å²) in [5.41, 5.74) is 1.46. The van der Waals surface area contributed by atoms with Gasteiger partial charge in [0.1, 0.15) is 0 Å². The maximum atomic E-state index is 3.57. The molecule has 17 heavy (non-hydrogen) atoms. The molecule has 0 heterocycles. The Hall–Kier alpha value is -0.340. The number of hydrogen-bond donors (Lipinski definition) is 1. The van der Waals surface area contributed by atoms with Gasteiger partial charge >= 0.3 is 0 Å². The van der Waals surface area contributed by atoms with Gasteiger partial charge in [-0.25, -0.2) is 0 Å². The van der Waals surface area contributed by atoms with Crippen LogP contribution >= 0.6 is 15.9 Å². The topological polar surface area (TPSA) is 12.0 Å². The molecule has 0 unspecified atom stereocenters. The predicted octanol–water partition coefficient (Wildman–Crippen LogP) is 4.30. The Morgan fingerprint density at radius 2 is 1.71 bits per heavy atom. The van der Waals surface area contributed by atoms with Crippen LogP contribution in [0.2, 0.25) is 0 Å². The van der Waals surface area contributed by atoms with Gasteiger partial charge in [0.2, 0.25) is 0 Å². The van der Waals surface area contributed by atoms with Crippen LogP contribution in [0.5, 0.6) is 0 Å². The maximum absolute atomic E-state index is 3.57. The molecule has 0 spiro atoms. The van der Waals surface area contributed by atoms with Crippen molar-refractivity contribution in [3.63, 3.8) is 0 Å². The summed E-state index contributed by atoms with van der Waals surface area (Å²) in [4.78, 5) is 0. The van der Waals surface area contributed by atoms with E-state index >= 15 is 0 Å². The number of benzene rings is 1. The molecule has 94 valence electrons. The van der Waals surface area contributed by atoms with Crippen LogP contribution in [0, 0.1) is 0 Å². The van der Waals surface area contributed by atoms with Gasteiger partial charge in [-0.3, -0.25) is 0 Å². The zero-order valence-corrected chi connectivity index (χ0v) is 12.0. The zero-order chi connectivity index (χ0) is 11.9. The second-order valence-corrected chi connectivity index (χ2v) is 5.93. The molecule has 0 radical (unpaired) electrons. The second-order valence-electron chi connectivity index (χ2n) is 5.02. The van der Waals surface area contributed by atoms with Gasteiger partial charge in [-0.1, -0.05) is 40.9 Å². The smallest absolute Gasteiger partial charge is 0.0175 e. The van der Waals surface area contributed by atoms with Gasteiger partial charge in [0, 0.05) is 10.5 Å². The molecule has 1 fully saturated rings. The highest BCUT2D eigenvalue weighted by atomic mass is 79.9. The van der Waals surface area contributed by atoms with E-state index < -0.39 is 0 Å². The van der Waals surface area contributed by atoms with Crippen molar-refractivity contribution in [1.29, 1.82) is 0 Å². The molecule has 1 nitrogen and oxygen atoms in total. The molecule has 0 amide bonds. The predicted molar refractivity (Wildman–Crippen MR) is 77.3 cm³/mol. The number of rotatable bonds is 8. The van der Waals surface area contributed by atoms with Crippen LogP contribution in [0.4, 0.5) is 0 Å². The third-order valence-electron chi connectivity index (χ3n) is 3.32. The SMILES string of the molecule is Brc1ccc(CCCCCCNC2CC2)cc1. The number of hydrogen-bond acceptors (Lipinski definition) is 1. The highest BCUT2D eigenvalue weighted by molar-refractivity contribution is 9.10. The summed E-state index contributed by atoms with van der Waals surface area (Å²) in [6.07, 6.45) is 9.44. The zero-order valence-electron chi connectivity index (χ0n) is 10.4. The average molecular weight is 296 g/mol. The van der Waals surface area contributed by atoms with E-state index in [1.807, 2.05) is 0 Å². The number of halogens is 1. The van der Waals surface area contributed by atoms with Crippen LogP contribution in [-0.4, -0.2) is 12.6 Å². The summed E-state index contributed by atoms with van der Waals surface area (Å²) in [7, 11) is 0. The highest BCUT2D eigenvalue weighted by Crippen LogP contribution is 2.18. The van der Waals surface area contributed by atoms with Crippen LogP contribution in [0.1, 0.15) is 44.1 Å². The fourth-order valence-corrected chi connectivity index (χ4v) is 2.32. The van der Waals surface area contributed by atoms with Gasteiger partial charge in [0.15, 0.2) is 0 Å². The van der Waals surface area contributed by atoms with Crippen molar-refractivity contribution in [2.24, 2.45) is 0 Å². The fraction of sp³-hybridized carbons (Fsp3) is 0.600. The molecule has 1 aliphatic rings. The van der Waals surface area contributed by atoms with Crippen LogP contribution in [-0.2, 0) is 6.42 Å². The van der Waals surface area contributed by atoms with E-state index in [0.717, 1.165) is 6.04 Å². The molecule has 1 aromatic carbocycles. The van der Waals surface area contributed by atoms with Gasteiger partial charge in [-0.05, 0) is 56.3 Å². The summed E-state index contributed by atoms with van der Waals surface area (Å²) in [6, 6.07) is 9.58. The summed E-state index contributed by atoms with van der Waals surface area (Å²) >= 11 is 3.47. The molecule has 2 heteroatoms. The first kappa shape index (κ1) is 13.1. The molecular weight excluding hydrogens is 274 g/mol. The van der Waals surface area contributed by atoms with Crippen molar-refractivity contribution < 1.29 is 0 Å². The minimum Gasteiger partial charge on any atom is -0.314 e. The van der Waals surface area contributed by atoms with E-state index in [9.17, 15) is 0 Å². The van der Waals surface area contributed by atoms with Gasteiger partial charge in [0.25, 0.3) is 0 Å². The van der Waals surface area contributed by atoms with E-state index in [-0.39, 0.29) is 0 Å². The molecule has 1 aliphatic carbocycles. The lowest BCUT2D eigenvalue weighted by molar-refractivity contribution is 0.585.